The lowest BCUT2D eigenvalue weighted by Crippen LogP contribution is -2.16. The average molecular weight is 331 g/mol. The largest absolute Gasteiger partial charge is 0.329 e. The third kappa shape index (κ3) is 4.38. The Morgan fingerprint density at radius 1 is 1.52 bits per heavy atom. The van der Waals surface area contributed by atoms with Crippen LogP contribution in [0.2, 0.25) is 5.02 Å². The van der Waals surface area contributed by atoms with Crippen LogP contribution in [0, 0.1) is 5.82 Å². The van der Waals surface area contributed by atoms with Gasteiger partial charge in [-0.2, -0.15) is 0 Å². The van der Waals surface area contributed by atoms with E-state index in [9.17, 15) is 9.18 Å². The highest BCUT2D eigenvalue weighted by Gasteiger charge is 2.11. The van der Waals surface area contributed by atoms with Gasteiger partial charge in [-0.25, -0.2) is 9.07 Å². The highest BCUT2D eigenvalue weighted by molar-refractivity contribution is 7.99. The van der Waals surface area contributed by atoms with E-state index in [1.807, 2.05) is 0 Å². The zero-order chi connectivity index (χ0) is 15.2. The number of nitrogens with one attached hydrogen (secondary N) is 1. The fraction of sp³-hybridized carbons (Fsp3) is 0.273. The summed E-state index contributed by atoms with van der Waals surface area (Å²) in [6.07, 6.45) is 0. The minimum atomic E-state index is -0.465. The highest BCUT2D eigenvalue weighted by Crippen LogP contribution is 2.23. The number of hydrogen-bond acceptors (Lipinski definition) is 6. The number of benzene rings is 1. The summed E-state index contributed by atoms with van der Waals surface area (Å²) in [5.41, 5.74) is 5.78. The molecule has 0 spiro atoms. The van der Waals surface area contributed by atoms with Crippen LogP contribution in [0.25, 0.3) is 0 Å². The first-order chi connectivity index (χ1) is 10.1. The number of nitrogens with zero attached hydrogens (tertiary/aromatic N) is 4. The highest BCUT2D eigenvalue weighted by atomic mass is 35.5. The molecule has 21 heavy (non-hydrogen) atoms. The van der Waals surface area contributed by atoms with Crippen molar-refractivity contribution in [2.24, 2.45) is 5.73 Å². The molecule has 1 heterocycles. The fourth-order valence-electron chi connectivity index (χ4n) is 1.47. The van der Waals surface area contributed by atoms with Crippen LogP contribution < -0.4 is 11.1 Å². The van der Waals surface area contributed by atoms with Gasteiger partial charge in [-0.15, -0.1) is 5.10 Å². The lowest BCUT2D eigenvalue weighted by molar-refractivity contribution is -0.113. The van der Waals surface area contributed by atoms with E-state index in [0.29, 0.717) is 23.9 Å². The van der Waals surface area contributed by atoms with Crippen LogP contribution in [0.1, 0.15) is 0 Å². The van der Waals surface area contributed by atoms with Crippen molar-refractivity contribution >= 4 is 35.0 Å². The monoisotopic (exact) mass is 330 g/mol. The number of tetrazole rings is 1. The molecule has 0 bridgehead atoms. The zero-order valence-electron chi connectivity index (χ0n) is 10.8. The number of rotatable bonds is 6. The first-order valence-corrected chi connectivity index (χ1v) is 7.30. The Morgan fingerprint density at radius 3 is 3.05 bits per heavy atom. The summed E-state index contributed by atoms with van der Waals surface area (Å²) < 4.78 is 14.4. The van der Waals surface area contributed by atoms with E-state index >= 15 is 0 Å². The van der Waals surface area contributed by atoms with Crippen LogP contribution in [0.5, 0.6) is 0 Å². The second kappa shape index (κ2) is 7.34. The van der Waals surface area contributed by atoms with Crippen molar-refractivity contribution in [1.29, 1.82) is 0 Å². The van der Waals surface area contributed by atoms with E-state index in [1.165, 1.54) is 28.6 Å². The van der Waals surface area contributed by atoms with Crippen LogP contribution in [0.4, 0.5) is 10.1 Å². The molecule has 2 rings (SSSR count). The van der Waals surface area contributed by atoms with Crippen molar-refractivity contribution < 1.29 is 9.18 Å². The third-order valence-electron chi connectivity index (χ3n) is 2.38. The smallest absolute Gasteiger partial charge is 0.234 e. The van der Waals surface area contributed by atoms with Gasteiger partial charge in [-0.1, -0.05) is 23.4 Å². The molecule has 2 aromatic rings. The lowest BCUT2D eigenvalue weighted by Gasteiger charge is -2.07. The number of nitrogens with two attached hydrogens (primary N) is 1. The maximum atomic E-state index is 12.9. The molecule has 0 saturated heterocycles. The van der Waals surface area contributed by atoms with Crippen molar-refractivity contribution in [3.05, 3.63) is 29.0 Å². The minimum Gasteiger partial charge on any atom is -0.329 e. The molecule has 10 heteroatoms. The Balaban J connectivity index is 1.91. The number of thioether (sulfide) groups is 1. The third-order valence-corrected chi connectivity index (χ3v) is 3.65. The molecule has 7 nitrogen and oxygen atoms in total. The fourth-order valence-corrected chi connectivity index (χ4v) is 2.39. The molecule has 0 radical (unpaired) electrons. The van der Waals surface area contributed by atoms with Gasteiger partial charge < -0.3 is 11.1 Å². The summed E-state index contributed by atoms with van der Waals surface area (Å²) in [6, 6.07) is 3.75. The standard InChI is InChI=1S/C11H12ClFN6OS/c12-8-5-7(13)1-2-9(8)15-10(20)6-21-11-16-17-18-19(11)4-3-14/h1-2,5H,3-4,6,14H2,(H,15,20). The van der Waals surface area contributed by atoms with Gasteiger partial charge >= 0.3 is 0 Å². The summed E-state index contributed by atoms with van der Waals surface area (Å²) in [5.74, 6) is -0.664. The topological polar surface area (TPSA) is 98.7 Å². The molecule has 1 aromatic heterocycles. The predicted molar refractivity (Wildman–Crippen MR) is 77.6 cm³/mol. The molecule has 0 aliphatic rings. The van der Waals surface area contributed by atoms with Crippen LogP contribution in [-0.2, 0) is 11.3 Å². The van der Waals surface area contributed by atoms with E-state index in [2.05, 4.69) is 20.8 Å². The zero-order valence-corrected chi connectivity index (χ0v) is 12.4. The minimum absolute atomic E-state index is 0.0959. The molecule has 0 saturated carbocycles. The SMILES string of the molecule is NCCn1nnnc1SCC(=O)Nc1ccc(F)cc1Cl. The Kier molecular flexibility index (Phi) is 5.48. The summed E-state index contributed by atoms with van der Waals surface area (Å²) in [5, 5.41) is 14.3. The number of aromatic nitrogens is 4. The molecular weight excluding hydrogens is 319 g/mol. The second-order valence-corrected chi connectivity index (χ2v) is 5.28. The van der Waals surface area contributed by atoms with Crippen molar-refractivity contribution in [3.8, 4) is 0 Å². The van der Waals surface area contributed by atoms with Crippen LogP contribution >= 0.6 is 23.4 Å². The van der Waals surface area contributed by atoms with Crippen LogP contribution in [0.15, 0.2) is 23.4 Å². The maximum Gasteiger partial charge on any atom is 0.234 e. The molecule has 0 atom stereocenters. The molecular formula is C11H12ClFN6OS. The molecule has 1 aromatic carbocycles. The first kappa shape index (κ1) is 15.7. The number of carbonyl (C=O) groups is 1. The normalized spacial score (nSPS) is 10.6. The molecule has 0 aliphatic heterocycles. The summed E-state index contributed by atoms with van der Waals surface area (Å²) in [4.78, 5) is 11.8. The van der Waals surface area contributed by atoms with Crippen LogP contribution in [0.3, 0.4) is 0 Å². The van der Waals surface area contributed by atoms with Crippen molar-refractivity contribution in [2.75, 3.05) is 17.6 Å². The molecule has 0 unspecified atom stereocenters. The van der Waals surface area contributed by atoms with Gasteiger partial charge in [0.05, 0.1) is 23.0 Å². The predicted octanol–water partition coefficient (Wildman–Crippen LogP) is 1.16. The Bertz CT molecular complexity index is 637. The van der Waals surface area contributed by atoms with Gasteiger partial charge in [0, 0.05) is 6.54 Å². The van der Waals surface area contributed by atoms with Gasteiger partial charge in [0.25, 0.3) is 0 Å². The van der Waals surface area contributed by atoms with E-state index < -0.39 is 5.82 Å². The summed E-state index contributed by atoms with van der Waals surface area (Å²) >= 11 is 7.00. The summed E-state index contributed by atoms with van der Waals surface area (Å²) in [6.45, 7) is 0.872. The van der Waals surface area contributed by atoms with Crippen molar-refractivity contribution in [2.45, 2.75) is 11.7 Å². The van der Waals surface area contributed by atoms with E-state index in [4.69, 9.17) is 17.3 Å². The molecule has 3 N–H and O–H groups in total. The van der Waals surface area contributed by atoms with Gasteiger partial charge in [-0.3, -0.25) is 4.79 Å². The number of anilines is 1. The van der Waals surface area contributed by atoms with Gasteiger partial charge in [0.1, 0.15) is 5.82 Å². The molecule has 112 valence electrons. The Hall–Kier alpha value is -1.71. The molecule has 0 fully saturated rings. The molecule has 1 amide bonds. The lowest BCUT2D eigenvalue weighted by atomic mass is 10.3. The van der Waals surface area contributed by atoms with Gasteiger partial charge in [0.15, 0.2) is 0 Å². The first-order valence-electron chi connectivity index (χ1n) is 5.94. The van der Waals surface area contributed by atoms with Crippen molar-refractivity contribution in [1.82, 2.24) is 20.2 Å². The number of amides is 1. The molecule has 0 aliphatic carbocycles. The van der Waals surface area contributed by atoms with Gasteiger partial charge in [0.2, 0.25) is 11.1 Å². The number of carbonyl (C=O) groups excluding carboxylic acids is 1. The second-order valence-electron chi connectivity index (χ2n) is 3.93. The number of hydrogen-bond donors (Lipinski definition) is 2. The Morgan fingerprint density at radius 2 is 2.33 bits per heavy atom. The number of halogens is 2. The van der Waals surface area contributed by atoms with Gasteiger partial charge in [-0.05, 0) is 28.6 Å². The van der Waals surface area contributed by atoms with E-state index in [1.54, 1.807) is 0 Å². The van der Waals surface area contributed by atoms with Crippen molar-refractivity contribution in [3.63, 3.8) is 0 Å². The Labute approximate surface area is 129 Å². The quantitative estimate of drug-likeness (QED) is 0.771. The van der Waals surface area contributed by atoms with E-state index in [-0.39, 0.29) is 16.7 Å². The van der Waals surface area contributed by atoms with Crippen LogP contribution in [-0.4, -0.2) is 38.4 Å². The maximum absolute atomic E-state index is 12.9. The van der Waals surface area contributed by atoms with E-state index in [0.717, 1.165) is 6.07 Å². The summed E-state index contributed by atoms with van der Waals surface area (Å²) in [7, 11) is 0. The average Bonchev–Trinajstić information content (AvgIpc) is 2.88.